The van der Waals surface area contributed by atoms with Gasteiger partial charge in [0, 0.05) is 35.1 Å². The summed E-state index contributed by atoms with van der Waals surface area (Å²) in [7, 11) is 4.61. The maximum absolute atomic E-state index is 10.2. The monoisotopic (exact) mass is 460 g/mol. The molecule has 10 nitrogen and oxygen atoms in total. The highest BCUT2D eigenvalue weighted by Gasteiger charge is 2.18. The van der Waals surface area contributed by atoms with Gasteiger partial charge in [0.2, 0.25) is 17.6 Å². The summed E-state index contributed by atoms with van der Waals surface area (Å²) in [6, 6.07) is 10.6. The second kappa shape index (κ2) is 10.8. The third kappa shape index (κ3) is 5.47. The number of hydrogen-bond donors (Lipinski definition) is 3. The summed E-state index contributed by atoms with van der Waals surface area (Å²) in [6.45, 7) is 0.275. The van der Waals surface area contributed by atoms with Crippen molar-refractivity contribution in [2.45, 2.75) is 6.10 Å². The van der Waals surface area contributed by atoms with E-state index in [0.29, 0.717) is 33.9 Å². The molecule has 11 heteroatoms. The molecule has 0 saturated carbocycles. The summed E-state index contributed by atoms with van der Waals surface area (Å²) in [4.78, 5) is 14.7. The lowest BCUT2D eigenvalue weighted by Gasteiger charge is -2.25. The molecule has 1 aromatic heterocycles. The van der Waals surface area contributed by atoms with Gasteiger partial charge in [0.25, 0.3) is 0 Å². The van der Waals surface area contributed by atoms with E-state index in [1.165, 1.54) is 27.7 Å². The Hall–Kier alpha value is -3.34. The summed E-state index contributed by atoms with van der Waals surface area (Å²) in [5.41, 5.74) is 6.98. The number of halogens is 1. The van der Waals surface area contributed by atoms with Crippen LogP contribution in [-0.4, -0.2) is 60.6 Å². The second-order valence-corrected chi connectivity index (χ2v) is 7.06. The van der Waals surface area contributed by atoms with Crippen LogP contribution in [0.3, 0.4) is 0 Å². The Morgan fingerprint density at radius 3 is 2.28 bits per heavy atom. The number of hydrogen-bond acceptors (Lipinski definition) is 10. The summed E-state index contributed by atoms with van der Waals surface area (Å²) >= 11 is 6.01. The van der Waals surface area contributed by atoms with E-state index in [9.17, 15) is 5.11 Å². The first-order chi connectivity index (χ1) is 15.5. The highest BCUT2D eigenvalue weighted by Crippen LogP contribution is 2.40. The van der Waals surface area contributed by atoms with Crippen LogP contribution in [0.1, 0.15) is 0 Å². The number of aliphatic hydroxyl groups excluding tert-OH is 1. The first-order valence-electron chi connectivity index (χ1n) is 9.66. The van der Waals surface area contributed by atoms with Gasteiger partial charge >= 0.3 is 0 Å². The summed E-state index contributed by atoms with van der Waals surface area (Å²) < 4.78 is 16.1. The van der Waals surface area contributed by atoms with E-state index in [2.05, 4.69) is 20.3 Å². The van der Waals surface area contributed by atoms with Crippen molar-refractivity contribution in [1.82, 2.24) is 15.0 Å². The van der Waals surface area contributed by atoms with Crippen LogP contribution >= 0.6 is 11.6 Å². The standard InChI is InChI=1S/C21H25ClN6O4/c1-30-17-8-14(9-18(31-2)19(17)32-3)26-20-24-12-25-21(27-20)28(11-16(29)10-23)15-6-4-13(22)5-7-15/h4-9,12,16,29H,10-11,23H2,1-3H3,(H,24,25,26,27). The molecule has 4 N–H and O–H groups in total. The topological polar surface area (TPSA) is 128 Å². The van der Waals surface area contributed by atoms with Crippen molar-refractivity contribution in [3.63, 3.8) is 0 Å². The number of benzene rings is 2. The molecule has 3 aromatic rings. The fraction of sp³-hybridized carbons (Fsp3) is 0.286. The van der Waals surface area contributed by atoms with Crippen molar-refractivity contribution in [2.75, 3.05) is 44.6 Å². The molecule has 1 atom stereocenters. The van der Waals surface area contributed by atoms with Crippen molar-refractivity contribution in [3.8, 4) is 17.2 Å². The average molecular weight is 461 g/mol. The normalized spacial score (nSPS) is 11.6. The lowest BCUT2D eigenvalue weighted by atomic mass is 10.2. The fourth-order valence-electron chi connectivity index (χ4n) is 2.97. The summed E-state index contributed by atoms with van der Waals surface area (Å²) in [5.74, 6) is 2.05. The quantitative estimate of drug-likeness (QED) is 0.415. The average Bonchev–Trinajstić information content (AvgIpc) is 2.82. The van der Waals surface area contributed by atoms with Crippen LogP contribution in [0.15, 0.2) is 42.7 Å². The number of aromatic nitrogens is 3. The first-order valence-corrected chi connectivity index (χ1v) is 10.0. The summed E-state index contributed by atoms with van der Waals surface area (Å²) in [6.07, 6.45) is 0.592. The minimum absolute atomic E-state index is 0.0890. The van der Waals surface area contributed by atoms with Crippen molar-refractivity contribution in [1.29, 1.82) is 0 Å². The van der Waals surface area contributed by atoms with E-state index in [0.717, 1.165) is 5.69 Å². The van der Waals surface area contributed by atoms with Gasteiger partial charge in [-0.25, -0.2) is 9.97 Å². The van der Waals surface area contributed by atoms with E-state index in [1.807, 2.05) is 12.1 Å². The van der Waals surface area contributed by atoms with Gasteiger partial charge < -0.3 is 35.3 Å². The lowest BCUT2D eigenvalue weighted by Crippen LogP contribution is -2.34. The van der Waals surface area contributed by atoms with Gasteiger partial charge in [-0.2, -0.15) is 4.98 Å². The minimum Gasteiger partial charge on any atom is -0.493 e. The van der Waals surface area contributed by atoms with E-state index in [4.69, 9.17) is 31.5 Å². The molecule has 1 heterocycles. The van der Waals surface area contributed by atoms with Crippen LogP contribution in [0.2, 0.25) is 5.02 Å². The van der Waals surface area contributed by atoms with Gasteiger partial charge in [0.15, 0.2) is 11.5 Å². The molecule has 32 heavy (non-hydrogen) atoms. The smallest absolute Gasteiger partial charge is 0.234 e. The number of aliphatic hydroxyl groups is 1. The van der Waals surface area contributed by atoms with Crippen LogP contribution in [0, 0.1) is 0 Å². The molecule has 0 fully saturated rings. The number of nitrogens with one attached hydrogen (secondary N) is 1. The molecular formula is C21H25ClN6O4. The summed E-state index contributed by atoms with van der Waals surface area (Å²) in [5, 5.41) is 13.9. The molecule has 0 aliphatic heterocycles. The molecule has 0 aliphatic carbocycles. The molecule has 0 saturated heterocycles. The predicted octanol–water partition coefficient (Wildman–Crippen LogP) is 2.75. The van der Waals surface area contributed by atoms with Crippen LogP contribution in [0.5, 0.6) is 17.2 Å². The Morgan fingerprint density at radius 2 is 1.72 bits per heavy atom. The Morgan fingerprint density at radius 1 is 1.06 bits per heavy atom. The van der Waals surface area contributed by atoms with Crippen LogP contribution in [0.25, 0.3) is 0 Å². The van der Waals surface area contributed by atoms with E-state index in [-0.39, 0.29) is 19.0 Å². The van der Waals surface area contributed by atoms with E-state index < -0.39 is 6.10 Å². The molecule has 2 aromatic carbocycles. The van der Waals surface area contributed by atoms with Gasteiger partial charge in [0.05, 0.1) is 34.0 Å². The third-order valence-electron chi connectivity index (χ3n) is 4.53. The Labute approximate surface area is 190 Å². The molecule has 0 amide bonds. The highest BCUT2D eigenvalue weighted by molar-refractivity contribution is 6.30. The molecule has 0 aliphatic rings. The van der Waals surface area contributed by atoms with Gasteiger partial charge in [-0.3, -0.25) is 0 Å². The van der Waals surface area contributed by atoms with Crippen molar-refractivity contribution in [2.24, 2.45) is 5.73 Å². The zero-order valence-electron chi connectivity index (χ0n) is 17.9. The van der Waals surface area contributed by atoms with Gasteiger partial charge in [0.1, 0.15) is 6.33 Å². The van der Waals surface area contributed by atoms with Crippen molar-refractivity contribution in [3.05, 3.63) is 47.7 Å². The zero-order chi connectivity index (χ0) is 23.1. The predicted molar refractivity (Wildman–Crippen MR) is 123 cm³/mol. The van der Waals surface area contributed by atoms with Crippen LogP contribution in [-0.2, 0) is 0 Å². The molecule has 1 unspecified atom stereocenters. The van der Waals surface area contributed by atoms with E-state index in [1.54, 1.807) is 29.2 Å². The second-order valence-electron chi connectivity index (χ2n) is 6.62. The van der Waals surface area contributed by atoms with Crippen LogP contribution < -0.4 is 30.2 Å². The number of anilines is 4. The molecule has 0 bridgehead atoms. The number of ether oxygens (including phenoxy) is 3. The molecule has 0 spiro atoms. The van der Waals surface area contributed by atoms with Gasteiger partial charge in [-0.1, -0.05) is 11.6 Å². The SMILES string of the molecule is COc1cc(Nc2ncnc(N(CC(O)CN)c3ccc(Cl)cc3)n2)cc(OC)c1OC. The Balaban J connectivity index is 1.94. The number of nitrogens with two attached hydrogens (primary N) is 1. The maximum atomic E-state index is 10.2. The fourth-order valence-corrected chi connectivity index (χ4v) is 3.10. The number of methoxy groups -OCH3 is 3. The Bertz CT molecular complexity index is 1010. The zero-order valence-corrected chi connectivity index (χ0v) is 18.7. The lowest BCUT2D eigenvalue weighted by molar-refractivity contribution is 0.190. The highest BCUT2D eigenvalue weighted by atomic mass is 35.5. The number of rotatable bonds is 10. The van der Waals surface area contributed by atoms with Crippen LogP contribution in [0.4, 0.5) is 23.3 Å². The Kier molecular flexibility index (Phi) is 7.87. The van der Waals surface area contributed by atoms with E-state index >= 15 is 0 Å². The number of nitrogens with zero attached hydrogens (tertiary/aromatic N) is 4. The molecule has 170 valence electrons. The molecular weight excluding hydrogens is 436 g/mol. The molecule has 3 rings (SSSR count). The van der Waals surface area contributed by atoms with Crippen molar-refractivity contribution >= 4 is 34.9 Å². The van der Waals surface area contributed by atoms with Gasteiger partial charge in [-0.05, 0) is 24.3 Å². The largest absolute Gasteiger partial charge is 0.493 e. The third-order valence-corrected chi connectivity index (χ3v) is 4.78. The molecule has 0 radical (unpaired) electrons. The minimum atomic E-state index is -0.783. The van der Waals surface area contributed by atoms with Crippen molar-refractivity contribution < 1.29 is 19.3 Å². The first kappa shape index (κ1) is 23.3. The van der Waals surface area contributed by atoms with Gasteiger partial charge in [-0.15, -0.1) is 0 Å². The maximum Gasteiger partial charge on any atom is 0.234 e.